The number of hydrogen-bond donors (Lipinski definition) is 2. The maximum atomic E-state index is 12.3. The molecule has 1 rings (SSSR count). The maximum Gasteiger partial charge on any atom is 0.417 e. The number of hydrogen-bond acceptors (Lipinski definition) is 3. The molecule has 0 aliphatic heterocycles. The summed E-state index contributed by atoms with van der Waals surface area (Å²) in [6.07, 6.45) is -2.13. The van der Waals surface area contributed by atoms with Gasteiger partial charge in [-0.05, 0) is 37.4 Å². The number of alkyl halides is 3. The number of amides is 1. The van der Waals surface area contributed by atoms with Crippen molar-refractivity contribution in [3.8, 4) is 0 Å². The van der Waals surface area contributed by atoms with Gasteiger partial charge >= 0.3 is 6.18 Å². The predicted octanol–water partition coefficient (Wildman–Crippen LogP) is 2.21. The van der Waals surface area contributed by atoms with E-state index >= 15 is 0 Å². The van der Waals surface area contributed by atoms with E-state index in [2.05, 4.69) is 10.3 Å². The Morgan fingerprint density at radius 1 is 1.45 bits per heavy atom. The minimum Gasteiger partial charge on any atom is -0.351 e. The first kappa shape index (κ1) is 16.4. The second kappa shape index (κ2) is 7.23. The monoisotopic (exact) mass is 289 g/mol. The molecule has 0 aromatic carbocycles. The van der Waals surface area contributed by atoms with Gasteiger partial charge in [0.15, 0.2) is 0 Å². The molecule has 0 bridgehead atoms. The van der Waals surface area contributed by atoms with E-state index in [9.17, 15) is 18.0 Å². The summed E-state index contributed by atoms with van der Waals surface area (Å²) in [6, 6.07) is 1.92. The Morgan fingerprint density at radius 2 is 2.15 bits per heavy atom. The molecule has 0 fully saturated rings. The largest absolute Gasteiger partial charge is 0.417 e. The Morgan fingerprint density at radius 3 is 2.65 bits per heavy atom. The molecule has 3 N–H and O–H groups in total. The minimum atomic E-state index is -4.44. The lowest BCUT2D eigenvalue weighted by atomic mass is 10.1. The van der Waals surface area contributed by atoms with E-state index < -0.39 is 17.6 Å². The van der Waals surface area contributed by atoms with Gasteiger partial charge in [-0.1, -0.05) is 6.92 Å². The fraction of sp³-hybridized carbons (Fsp3) is 0.538. The summed E-state index contributed by atoms with van der Waals surface area (Å²) in [5.41, 5.74) is 4.57. The van der Waals surface area contributed by atoms with E-state index in [4.69, 9.17) is 5.73 Å². The van der Waals surface area contributed by atoms with E-state index in [-0.39, 0.29) is 5.69 Å². The zero-order valence-electron chi connectivity index (χ0n) is 11.2. The van der Waals surface area contributed by atoms with Gasteiger partial charge in [0.05, 0.1) is 5.56 Å². The highest BCUT2D eigenvalue weighted by Crippen LogP contribution is 2.28. The van der Waals surface area contributed by atoms with Crippen LogP contribution >= 0.6 is 0 Å². The summed E-state index contributed by atoms with van der Waals surface area (Å²) in [5, 5.41) is 2.61. The Labute approximate surface area is 115 Å². The fourth-order valence-electron chi connectivity index (χ4n) is 1.56. The SMILES string of the molecule is CC(CN)CCCNC(=O)c1ccc(C(F)(F)F)cn1. The number of rotatable bonds is 6. The molecule has 0 aliphatic rings. The molecule has 1 heterocycles. The summed E-state index contributed by atoms with van der Waals surface area (Å²) in [7, 11) is 0. The van der Waals surface area contributed by atoms with Crippen molar-refractivity contribution in [1.82, 2.24) is 10.3 Å². The number of nitrogens with two attached hydrogens (primary N) is 1. The van der Waals surface area contributed by atoms with Crippen LogP contribution in [0.2, 0.25) is 0 Å². The van der Waals surface area contributed by atoms with E-state index in [1.54, 1.807) is 0 Å². The van der Waals surface area contributed by atoms with Gasteiger partial charge in [0.25, 0.3) is 5.91 Å². The number of halogens is 3. The topological polar surface area (TPSA) is 68.0 Å². The standard InChI is InChI=1S/C13H18F3N3O/c1-9(7-17)3-2-6-18-12(20)11-5-4-10(8-19-11)13(14,15)16/h4-5,8-9H,2-3,6-7,17H2,1H3,(H,18,20). The molecule has 1 atom stereocenters. The average Bonchev–Trinajstić information content (AvgIpc) is 2.42. The van der Waals surface area contributed by atoms with Crippen LogP contribution in [0.3, 0.4) is 0 Å². The van der Waals surface area contributed by atoms with E-state index in [1.807, 2.05) is 6.92 Å². The third-order valence-corrected chi connectivity index (χ3v) is 2.89. The van der Waals surface area contributed by atoms with E-state index in [1.165, 1.54) is 0 Å². The van der Waals surface area contributed by atoms with Crippen molar-refractivity contribution in [3.05, 3.63) is 29.6 Å². The normalized spacial score (nSPS) is 13.1. The molecule has 0 radical (unpaired) electrons. The number of nitrogens with zero attached hydrogens (tertiary/aromatic N) is 1. The highest BCUT2D eigenvalue weighted by molar-refractivity contribution is 5.92. The molecule has 0 spiro atoms. The minimum absolute atomic E-state index is 0.0233. The lowest BCUT2D eigenvalue weighted by Crippen LogP contribution is -2.26. The molecule has 0 saturated heterocycles. The van der Waals surface area contributed by atoms with Crippen molar-refractivity contribution >= 4 is 5.91 Å². The smallest absolute Gasteiger partial charge is 0.351 e. The van der Waals surface area contributed by atoms with Crippen LogP contribution < -0.4 is 11.1 Å². The number of carbonyl (C=O) groups is 1. The first-order chi connectivity index (χ1) is 9.34. The van der Waals surface area contributed by atoms with Crippen molar-refractivity contribution in [1.29, 1.82) is 0 Å². The molecule has 1 amide bonds. The Bertz CT molecular complexity index is 431. The second-order valence-corrected chi connectivity index (χ2v) is 4.67. The van der Waals surface area contributed by atoms with Crippen molar-refractivity contribution in [2.45, 2.75) is 25.9 Å². The van der Waals surface area contributed by atoms with Crippen molar-refractivity contribution in [2.75, 3.05) is 13.1 Å². The molecule has 0 aliphatic carbocycles. The van der Waals surface area contributed by atoms with Gasteiger partial charge in [-0.3, -0.25) is 9.78 Å². The van der Waals surface area contributed by atoms with Gasteiger partial charge in [0.2, 0.25) is 0 Å². The summed E-state index contributed by atoms with van der Waals surface area (Å²) in [6.45, 7) is 3.06. The van der Waals surface area contributed by atoms with Crippen molar-refractivity contribution < 1.29 is 18.0 Å². The molecule has 1 aromatic rings. The van der Waals surface area contributed by atoms with E-state index in [0.717, 1.165) is 25.0 Å². The molecule has 7 heteroatoms. The number of aromatic nitrogens is 1. The number of nitrogens with one attached hydrogen (secondary N) is 1. The summed E-state index contributed by atoms with van der Waals surface area (Å²) >= 11 is 0. The van der Waals surface area contributed by atoms with Crippen LogP contribution in [0.1, 0.15) is 35.8 Å². The van der Waals surface area contributed by atoms with E-state index in [0.29, 0.717) is 25.2 Å². The molecule has 0 saturated carbocycles. The Hall–Kier alpha value is -1.63. The Kier molecular flexibility index (Phi) is 5.94. The average molecular weight is 289 g/mol. The van der Waals surface area contributed by atoms with Gasteiger partial charge in [-0.15, -0.1) is 0 Å². The molecular weight excluding hydrogens is 271 g/mol. The van der Waals surface area contributed by atoms with Crippen molar-refractivity contribution in [3.63, 3.8) is 0 Å². The summed E-state index contributed by atoms with van der Waals surface area (Å²) < 4.78 is 37.0. The molecule has 20 heavy (non-hydrogen) atoms. The molecule has 1 unspecified atom stereocenters. The zero-order valence-corrected chi connectivity index (χ0v) is 11.2. The van der Waals surface area contributed by atoms with Crippen LogP contribution in [0, 0.1) is 5.92 Å². The van der Waals surface area contributed by atoms with Crippen LogP contribution in [-0.2, 0) is 6.18 Å². The third kappa shape index (κ3) is 5.16. The van der Waals surface area contributed by atoms with Crippen LogP contribution in [0.25, 0.3) is 0 Å². The van der Waals surface area contributed by atoms with Gasteiger partial charge in [-0.2, -0.15) is 13.2 Å². The number of pyridine rings is 1. The highest BCUT2D eigenvalue weighted by Gasteiger charge is 2.30. The molecule has 1 aromatic heterocycles. The van der Waals surface area contributed by atoms with Crippen LogP contribution in [0.4, 0.5) is 13.2 Å². The fourth-order valence-corrected chi connectivity index (χ4v) is 1.56. The third-order valence-electron chi connectivity index (χ3n) is 2.89. The Balaban J connectivity index is 2.44. The van der Waals surface area contributed by atoms with Gasteiger partial charge in [0, 0.05) is 12.7 Å². The lowest BCUT2D eigenvalue weighted by molar-refractivity contribution is -0.137. The lowest BCUT2D eigenvalue weighted by Gasteiger charge is -2.09. The molecule has 112 valence electrons. The molecular formula is C13H18F3N3O. The summed E-state index contributed by atoms with van der Waals surface area (Å²) in [5.74, 6) is -0.0878. The van der Waals surface area contributed by atoms with Gasteiger partial charge < -0.3 is 11.1 Å². The van der Waals surface area contributed by atoms with Gasteiger partial charge in [-0.25, -0.2) is 0 Å². The molecule has 4 nitrogen and oxygen atoms in total. The number of carbonyl (C=O) groups excluding carboxylic acids is 1. The van der Waals surface area contributed by atoms with Gasteiger partial charge in [0.1, 0.15) is 5.69 Å². The van der Waals surface area contributed by atoms with Crippen LogP contribution in [0.15, 0.2) is 18.3 Å². The summed E-state index contributed by atoms with van der Waals surface area (Å²) in [4.78, 5) is 15.2. The zero-order chi connectivity index (χ0) is 15.2. The predicted molar refractivity (Wildman–Crippen MR) is 69.0 cm³/mol. The second-order valence-electron chi connectivity index (χ2n) is 4.67. The maximum absolute atomic E-state index is 12.3. The van der Waals surface area contributed by atoms with Crippen molar-refractivity contribution in [2.24, 2.45) is 11.7 Å². The van der Waals surface area contributed by atoms with Crippen LogP contribution in [-0.4, -0.2) is 24.0 Å². The first-order valence-electron chi connectivity index (χ1n) is 6.36. The first-order valence-corrected chi connectivity index (χ1v) is 6.36. The van der Waals surface area contributed by atoms with Crippen LogP contribution in [0.5, 0.6) is 0 Å². The quantitative estimate of drug-likeness (QED) is 0.789. The highest BCUT2D eigenvalue weighted by atomic mass is 19.4.